The number of hydrogen-bond acceptors (Lipinski definition) is 3. The molecule has 1 aromatic carbocycles. The number of benzene rings is 1. The summed E-state index contributed by atoms with van der Waals surface area (Å²) in [4.78, 5) is 18.8. The summed E-state index contributed by atoms with van der Waals surface area (Å²) < 4.78 is 5.37. The van der Waals surface area contributed by atoms with Crippen LogP contribution in [0, 0.1) is 12.8 Å². The van der Waals surface area contributed by atoms with E-state index in [1.807, 2.05) is 24.8 Å². The summed E-state index contributed by atoms with van der Waals surface area (Å²) in [5.41, 5.74) is 4.76. The molecule has 2 aromatic rings. The molecule has 3 rings (SSSR count). The molecular formula is C19H24N2O2. The fourth-order valence-corrected chi connectivity index (χ4v) is 3.13. The van der Waals surface area contributed by atoms with E-state index in [4.69, 9.17) is 9.72 Å². The number of ether oxygens (including phenoxy) is 1. The molecule has 0 saturated heterocycles. The maximum absolute atomic E-state index is 12.2. The monoisotopic (exact) mass is 312 g/mol. The first kappa shape index (κ1) is 15.8. The topological polar surface area (TPSA) is 42.4 Å². The van der Waals surface area contributed by atoms with Gasteiger partial charge in [0.2, 0.25) is 0 Å². The second-order valence-electron chi connectivity index (χ2n) is 6.64. The van der Waals surface area contributed by atoms with Crippen molar-refractivity contribution in [2.75, 3.05) is 19.7 Å². The molecule has 0 fully saturated rings. The Hall–Kier alpha value is -2.10. The minimum Gasteiger partial charge on any atom is -0.449 e. The second-order valence-corrected chi connectivity index (χ2v) is 6.64. The van der Waals surface area contributed by atoms with E-state index in [2.05, 4.69) is 25.1 Å². The van der Waals surface area contributed by atoms with Gasteiger partial charge in [0, 0.05) is 30.6 Å². The maximum Gasteiger partial charge on any atom is 0.409 e. The third-order valence-electron chi connectivity index (χ3n) is 4.41. The fraction of sp³-hybridized carbons (Fsp3) is 0.474. The highest BCUT2D eigenvalue weighted by molar-refractivity contribution is 5.83. The van der Waals surface area contributed by atoms with Gasteiger partial charge in [0.05, 0.1) is 12.1 Å². The Bertz CT molecular complexity index is 725. The Morgan fingerprint density at radius 3 is 2.78 bits per heavy atom. The molecular weight excluding hydrogens is 288 g/mol. The van der Waals surface area contributed by atoms with Crippen LogP contribution in [0.1, 0.15) is 30.7 Å². The van der Waals surface area contributed by atoms with Gasteiger partial charge >= 0.3 is 6.09 Å². The van der Waals surface area contributed by atoms with Crippen molar-refractivity contribution in [3.63, 3.8) is 0 Å². The number of aryl methyl sites for hydroxylation is 1. The molecule has 1 amide bonds. The zero-order valence-electron chi connectivity index (χ0n) is 14.1. The number of fused-ring (bicyclic) bond motifs is 2. The molecule has 0 aliphatic carbocycles. The van der Waals surface area contributed by atoms with Crippen LogP contribution in [0.2, 0.25) is 0 Å². The third-order valence-corrected chi connectivity index (χ3v) is 4.41. The summed E-state index contributed by atoms with van der Waals surface area (Å²) in [5, 5.41) is 1.21. The molecule has 1 aromatic heterocycles. The van der Waals surface area contributed by atoms with E-state index < -0.39 is 0 Å². The van der Waals surface area contributed by atoms with Crippen molar-refractivity contribution in [1.29, 1.82) is 0 Å². The van der Waals surface area contributed by atoms with Crippen LogP contribution in [-0.4, -0.2) is 35.7 Å². The molecule has 2 heterocycles. The summed E-state index contributed by atoms with van der Waals surface area (Å²) in [6, 6.07) is 8.25. The largest absolute Gasteiger partial charge is 0.449 e. The van der Waals surface area contributed by atoms with E-state index >= 15 is 0 Å². The van der Waals surface area contributed by atoms with Crippen LogP contribution in [0.3, 0.4) is 0 Å². The van der Waals surface area contributed by atoms with Gasteiger partial charge in [-0.3, -0.25) is 4.98 Å². The second kappa shape index (κ2) is 6.57. The molecule has 0 radical (unpaired) electrons. The van der Waals surface area contributed by atoms with Gasteiger partial charge in [-0.05, 0) is 36.5 Å². The van der Waals surface area contributed by atoms with Crippen molar-refractivity contribution in [3.05, 3.63) is 41.1 Å². The average Bonchev–Trinajstić information content (AvgIpc) is 2.76. The van der Waals surface area contributed by atoms with Crippen molar-refractivity contribution in [3.8, 4) is 0 Å². The number of pyridine rings is 1. The highest BCUT2D eigenvalue weighted by Crippen LogP contribution is 2.25. The van der Waals surface area contributed by atoms with E-state index in [0.717, 1.165) is 24.1 Å². The SMILES string of the molecule is Cc1c2c(nc3ccccc13)CCN(C(=O)OCC(C)C)CC2. The predicted octanol–water partition coefficient (Wildman–Crippen LogP) is 3.74. The van der Waals surface area contributed by atoms with E-state index in [0.29, 0.717) is 25.6 Å². The molecule has 0 atom stereocenters. The molecule has 1 aliphatic heterocycles. The molecule has 4 heteroatoms. The van der Waals surface area contributed by atoms with Crippen LogP contribution in [0.25, 0.3) is 10.9 Å². The van der Waals surface area contributed by atoms with Gasteiger partial charge in [0.1, 0.15) is 0 Å². The molecule has 4 nitrogen and oxygen atoms in total. The van der Waals surface area contributed by atoms with Gasteiger partial charge in [-0.25, -0.2) is 4.79 Å². The number of rotatable bonds is 2. The highest BCUT2D eigenvalue weighted by atomic mass is 16.6. The van der Waals surface area contributed by atoms with Crippen LogP contribution >= 0.6 is 0 Å². The number of carbonyl (C=O) groups is 1. The standard InChI is InChI=1S/C19H24N2O2/c1-13(2)12-23-19(22)21-10-8-16-14(3)15-6-4-5-7-17(15)20-18(16)9-11-21/h4-7,13H,8-12H2,1-3H3. The lowest BCUT2D eigenvalue weighted by molar-refractivity contribution is 0.0934. The molecule has 122 valence electrons. The Balaban J connectivity index is 1.81. The first-order valence-electron chi connectivity index (χ1n) is 8.35. The fourth-order valence-electron chi connectivity index (χ4n) is 3.13. The zero-order valence-corrected chi connectivity index (χ0v) is 14.1. The Morgan fingerprint density at radius 1 is 1.26 bits per heavy atom. The summed E-state index contributed by atoms with van der Waals surface area (Å²) in [6.07, 6.45) is 1.43. The number of hydrogen-bond donors (Lipinski definition) is 0. The van der Waals surface area contributed by atoms with Crippen molar-refractivity contribution in [1.82, 2.24) is 9.88 Å². The highest BCUT2D eigenvalue weighted by Gasteiger charge is 2.22. The lowest BCUT2D eigenvalue weighted by atomic mass is 9.99. The summed E-state index contributed by atoms with van der Waals surface area (Å²) in [6.45, 7) is 8.10. The molecule has 1 aliphatic rings. The van der Waals surface area contributed by atoms with Gasteiger partial charge in [-0.1, -0.05) is 32.0 Å². The van der Waals surface area contributed by atoms with Crippen molar-refractivity contribution < 1.29 is 9.53 Å². The number of para-hydroxylation sites is 1. The number of aromatic nitrogens is 1. The summed E-state index contributed by atoms with van der Waals surface area (Å²) in [5.74, 6) is 0.359. The van der Waals surface area contributed by atoms with Crippen LogP contribution in [-0.2, 0) is 17.6 Å². The Labute approximate surface area is 137 Å². The first-order valence-corrected chi connectivity index (χ1v) is 8.35. The number of amides is 1. The van der Waals surface area contributed by atoms with Gasteiger partial charge in [0.15, 0.2) is 0 Å². The Morgan fingerprint density at radius 2 is 2.00 bits per heavy atom. The van der Waals surface area contributed by atoms with Crippen LogP contribution in [0.4, 0.5) is 4.79 Å². The molecule has 0 N–H and O–H groups in total. The lowest BCUT2D eigenvalue weighted by Crippen LogP contribution is -2.34. The number of carbonyl (C=O) groups excluding carboxylic acids is 1. The van der Waals surface area contributed by atoms with Crippen molar-refractivity contribution in [2.45, 2.75) is 33.6 Å². The quantitative estimate of drug-likeness (QED) is 0.848. The van der Waals surface area contributed by atoms with E-state index in [1.54, 1.807) is 0 Å². The van der Waals surface area contributed by atoms with Crippen LogP contribution < -0.4 is 0 Å². The smallest absolute Gasteiger partial charge is 0.409 e. The van der Waals surface area contributed by atoms with E-state index in [1.165, 1.54) is 16.5 Å². The van der Waals surface area contributed by atoms with Gasteiger partial charge in [-0.15, -0.1) is 0 Å². The van der Waals surface area contributed by atoms with Gasteiger partial charge in [-0.2, -0.15) is 0 Å². The minimum atomic E-state index is -0.200. The van der Waals surface area contributed by atoms with Crippen LogP contribution in [0.5, 0.6) is 0 Å². The zero-order chi connectivity index (χ0) is 16.4. The lowest BCUT2D eigenvalue weighted by Gasteiger charge is -2.20. The normalized spacial score (nSPS) is 14.7. The predicted molar refractivity (Wildman–Crippen MR) is 91.6 cm³/mol. The average molecular weight is 312 g/mol. The van der Waals surface area contributed by atoms with Gasteiger partial charge < -0.3 is 9.64 Å². The summed E-state index contributed by atoms with van der Waals surface area (Å²) >= 11 is 0. The van der Waals surface area contributed by atoms with Gasteiger partial charge in [0.25, 0.3) is 0 Å². The number of nitrogens with zero attached hydrogens (tertiary/aromatic N) is 2. The molecule has 0 bridgehead atoms. The first-order chi connectivity index (χ1) is 11.1. The van der Waals surface area contributed by atoms with E-state index in [9.17, 15) is 4.79 Å². The van der Waals surface area contributed by atoms with Crippen molar-refractivity contribution >= 4 is 17.0 Å². The molecule has 0 unspecified atom stereocenters. The van der Waals surface area contributed by atoms with Crippen molar-refractivity contribution in [2.24, 2.45) is 5.92 Å². The van der Waals surface area contributed by atoms with E-state index in [-0.39, 0.29) is 6.09 Å². The Kier molecular flexibility index (Phi) is 4.51. The molecule has 0 spiro atoms. The molecule has 0 saturated carbocycles. The summed E-state index contributed by atoms with van der Waals surface area (Å²) in [7, 11) is 0. The third kappa shape index (κ3) is 3.31. The van der Waals surface area contributed by atoms with Crippen LogP contribution in [0.15, 0.2) is 24.3 Å². The maximum atomic E-state index is 12.2. The molecule has 23 heavy (non-hydrogen) atoms. The minimum absolute atomic E-state index is 0.200.